The average molecular weight is 123 g/mol. The molecule has 0 amide bonds. The van der Waals surface area contributed by atoms with Gasteiger partial charge >= 0.3 is 0 Å². The number of ether oxygens (including phenoxy) is 1. The highest BCUT2D eigenvalue weighted by molar-refractivity contribution is 4.46. The second kappa shape index (κ2) is 4.99. The molecule has 0 aromatic rings. The lowest BCUT2D eigenvalue weighted by Gasteiger charge is -2.02. The Morgan fingerprint density at radius 2 is 2.25 bits per heavy atom. The molecule has 4 N–H and O–H groups in total. The minimum Gasteiger partial charge on any atom is -0.424 e. The van der Waals surface area contributed by atoms with Gasteiger partial charge in [-0.15, -0.1) is 0 Å². The third-order valence-corrected chi connectivity index (χ3v) is 0.623. The molecule has 4 nitrogen and oxygen atoms in total. The van der Waals surface area contributed by atoms with Crippen molar-refractivity contribution in [2.45, 2.75) is 6.10 Å². The summed E-state index contributed by atoms with van der Waals surface area (Å²) in [5, 5.41) is 23.2. The average Bonchev–Trinajstić information content (AvgIpc) is 1.83. The van der Waals surface area contributed by atoms with Gasteiger partial charge in [-0.1, -0.05) is 0 Å². The summed E-state index contributed by atoms with van der Waals surface area (Å²) in [7, 11) is 0. The van der Waals surface area contributed by atoms with E-state index in [0.29, 0.717) is 0 Å². The molecule has 50 valence electrons. The van der Waals surface area contributed by atoms with Gasteiger partial charge in [0.15, 0.2) is 0 Å². The minimum absolute atomic E-state index is 0.0417. The molecule has 0 spiro atoms. The first-order valence-electron chi connectivity index (χ1n) is 2.32. The first-order valence-corrected chi connectivity index (χ1v) is 2.32. The van der Waals surface area contributed by atoms with Crippen LogP contribution in [0.1, 0.15) is 0 Å². The van der Waals surface area contributed by atoms with Crippen molar-refractivity contribution in [3.05, 3.63) is 0 Å². The Morgan fingerprint density at radius 3 is 2.62 bits per heavy atom. The maximum atomic E-state index is 8.53. The fraction of sp³-hybridized carbons (Fsp3) is 1.00. The molecular weight excluding hydrogens is 112 g/mol. The molecule has 0 saturated carbocycles. The van der Waals surface area contributed by atoms with E-state index in [2.05, 4.69) is 4.74 Å². The normalized spacial score (nSPS) is 13.9. The first kappa shape index (κ1) is 7.84. The number of rotatable bonds is 4. The van der Waals surface area contributed by atoms with Crippen LogP contribution in [0.2, 0.25) is 0 Å². The van der Waals surface area contributed by atoms with E-state index in [9.17, 15) is 0 Å². The molecule has 0 rings (SSSR count). The van der Waals surface area contributed by atoms with Gasteiger partial charge < -0.3 is 20.1 Å². The van der Waals surface area contributed by atoms with Crippen molar-refractivity contribution in [3.8, 4) is 0 Å². The fourth-order valence-corrected chi connectivity index (χ4v) is 0.248. The van der Waals surface area contributed by atoms with E-state index >= 15 is 0 Å². The zero-order valence-electron chi connectivity index (χ0n) is 4.50. The van der Waals surface area contributed by atoms with E-state index < -0.39 is 6.10 Å². The summed E-state index contributed by atoms with van der Waals surface area (Å²) >= 11 is 0. The topological polar surface area (TPSA) is 72.6 Å². The van der Waals surface area contributed by atoms with Crippen molar-refractivity contribution < 1.29 is 20.1 Å². The molecule has 0 radical (unpaired) electrons. The van der Waals surface area contributed by atoms with E-state index in [1.54, 1.807) is 0 Å². The lowest BCUT2D eigenvalue weighted by Crippen LogP contribution is -2.19. The van der Waals surface area contributed by atoms with Crippen LogP contribution in [0, 0.1) is 0 Å². The predicted octanol–water partition coefficient (Wildman–Crippen LogP) is -1.96. The number of hydrogen-bond donors (Lipinski definition) is 2. The van der Waals surface area contributed by atoms with Crippen molar-refractivity contribution in [2.75, 3.05) is 20.0 Å². The second-order valence-corrected chi connectivity index (χ2v) is 1.35. The van der Waals surface area contributed by atoms with Gasteiger partial charge in [-0.2, -0.15) is 0 Å². The molecule has 8 heavy (non-hydrogen) atoms. The van der Waals surface area contributed by atoms with Crippen molar-refractivity contribution in [1.82, 2.24) is 0 Å². The van der Waals surface area contributed by atoms with Gasteiger partial charge in [0.1, 0.15) is 6.10 Å². The van der Waals surface area contributed by atoms with Crippen molar-refractivity contribution >= 4 is 0 Å². The van der Waals surface area contributed by atoms with Gasteiger partial charge in [0.25, 0.3) is 6.79 Å². The van der Waals surface area contributed by atoms with Crippen LogP contribution in [0.4, 0.5) is 0 Å². The van der Waals surface area contributed by atoms with Crippen LogP contribution < -0.4 is 0 Å². The highest BCUT2D eigenvalue weighted by Crippen LogP contribution is 1.80. The zero-order valence-corrected chi connectivity index (χ0v) is 4.50. The van der Waals surface area contributed by atoms with Crippen molar-refractivity contribution in [2.24, 2.45) is 0 Å². The van der Waals surface area contributed by atoms with Crippen LogP contribution in [0.15, 0.2) is 0 Å². The molecule has 4 heteroatoms. The van der Waals surface area contributed by atoms with Crippen LogP contribution in [0.3, 0.4) is 0 Å². The van der Waals surface area contributed by atoms with Gasteiger partial charge in [0.05, 0.1) is 13.2 Å². The second-order valence-electron chi connectivity index (χ2n) is 1.35. The molecule has 0 aliphatic carbocycles. The van der Waals surface area contributed by atoms with Gasteiger partial charge in [-0.3, -0.25) is 0 Å². The van der Waals surface area contributed by atoms with E-state index in [4.69, 9.17) is 15.3 Å². The van der Waals surface area contributed by atoms with E-state index in [1.165, 1.54) is 0 Å². The highest BCUT2D eigenvalue weighted by Gasteiger charge is 1.99. The van der Waals surface area contributed by atoms with E-state index in [0.717, 1.165) is 0 Å². The van der Waals surface area contributed by atoms with Crippen molar-refractivity contribution in [1.29, 1.82) is 0 Å². The Kier molecular flexibility index (Phi) is 4.89. The summed E-state index contributed by atoms with van der Waals surface area (Å²) in [6, 6.07) is 0. The summed E-state index contributed by atoms with van der Waals surface area (Å²) in [5.74, 6) is 0. The van der Waals surface area contributed by atoms with Crippen LogP contribution in [0.25, 0.3) is 0 Å². The molecule has 1 unspecified atom stereocenters. The van der Waals surface area contributed by atoms with Gasteiger partial charge in [-0.05, 0) is 0 Å². The zero-order chi connectivity index (χ0) is 6.41. The van der Waals surface area contributed by atoms with Gasteiger partial charge in [0, 0.05) is 0 Å². The quantitative estimate of drug-likeness (QED) is 0.336. The summed E-state index contributed by atoms with van der Waals surface area (Å²) in [5.41, 5.74) is 0. The Hall–Kier alpha value is -0.160. The number of aliphatic hydroxyl groups excluding tert-OH is 2. The molecule has 0 aromatic heterocycles. The maximum absolute atomic E-state index is 8.53. The Labute approximate surface area is 47.3 Å². The smallest absolute Gasteiger partial charge is 0.253 e. The van der Waals surface area contributed by atoms with Gasteiger partial charge in [-0.25, -0.2) is 0 Å². The first-order chi connectivity index (χ1) is 3.81. The van der Waals surface area contributed by atoms with Crippen molar-refractivity contribution in [3.63, 3.8) is 0 Å². The lowest BCUT2D eigenvalue weighted by atomic mass is 10.4. The fourth-order valence-electron chi connectivity index (χ4n) is 0.248. The molecule has 0 saturated heterocycles. The molecule has 0 aliphatic heterocycles. The van der Waals surface area contributed by atoms with E-state index in [1.807, 2.05) is 0 Å². The highest BCUT2D eigenvalue weighted by atomic mass is 16.6. The molecule has 0 aliphatic rings. The molecule has 0 bridgehead atoms. The van der Waals surface area contributed by atoms with E-state index in [-0.39, 0.29) is 20.0 Å². The molecule has 1 atom stereocenters. The van der Waals surface area contributed by atoms with Gasteiger partial charge in [0.2, 0.25) is 0 Å². The molecule has 0 fully saturated rings. The largest absolute Gasteiger partial charge is 0.424 e. The summed E-state index contributed by atoms with van der Waals surface area (Å²) in [6.45, 7) is -0.433. The molecule has 0 heterocycles. The molecular formula is C4H11O4+. The third kappa shape index (κ3) is 4.01. The summed E-state index contributed by atoms with van der Waals surface area (Å²) in [4.78, 5) is 0. The number of hydrogen-bond acceptors (Lipinski definition) is 3. The third-order valence-electron chi connectivity index (χ3n) is 0.623. The Balaban J connectivity index is 2.86. The minimum atomic E-state index is -0.833. The van der Waals surface area contributed by atoms with Crippen LogP contribution >= 0.6 is 0 Å². The van der Waals surface area contributed by atoms with Crippen LogP contribution in [0.5, 0.6) is 0 Å². The number of aliphatic hydroxyl groups is 2. The Bertz CT molecular complexity index is 47.3. The maximum Gasteiger partial charge on any atom is 0.253 e. The SMILES string of the molecule is OCC(O)COC[OH2+]. The van der Waals surface area contributed by atoms with Crippen LogP contribution in [-0.2, 0) is 4.74 Å². The molecule has 0 aromatic carbocycles. The summed E-state index contributed by atoms with van der Waals surface area (Å²) in [6.07, 6.45) is -0.833. The predicted molar refractivity (Wildman–Crippen MR) is 27.5 cm³/mol. The summed E-state index contributed by atoms with van der Waals surface area (Å²) < 4.78 is 4.44. The monoisotopic (exact) mass is 123 g/mol. The Morgan fingerprint density at radius 1 is 1.62 bits per heavy atom. The lowest BCUT2D eigenvalue weighted by molar-refractivity contribution is -0.0536. The van der Waals surface area contributed by atoms with Crippen LogP contribution in [-0.4, -0.2) is 41.4 Å². The standard InChI is InChI=1S/C4H10O4/c5-1-4(7)2-8-3-6/h4-7H,1-3H2/p+1.